The third-order valence-corrected chi connectivity index (χ3v) is 6.06. The number of H-pyrrole nitrogens is 1. The number of imidazole rings is 1. The zero-order valence-corrected chi connectivity index (χ0v) is 17.6. The summed E-state index contributed by atoms with van der Waals surface area (Å²) in [4.78, 5) is 23.9. The monoisotopic (exact) mass is 447 g/mol. The number of Topliss-reactive ketones (excluding diaryl/α,β-unsaturated/α-hetero) is 1. The molecule has 2 fully saturated rings. The second-order valence-corrected chi connectivity index (χ2v) is 8.23. The van der Waals surface area contributed by atoms with Gasteiger partial charge in [0.25, 0.3) is 6.01 Å². The van der Waals surface area contributed by atoms with Gasteiger partial charge in [0.15, 0.2) is 17.5 Å². The van der Waals surface area contributed by atoms with E-state index in [2.05, 4.69) is 27.1 Å². The van der Waals surface area contributed by atoms with Crippen molar-refractivity contribution >= 4 is 28.5 Å². The summed E-state index contributed by atoms with van der Waals surface area (Å²) in [6.45, 7) is 0.324. The second-order valence-electron chi connectivity index (χ2n) is 7.83. The van der Waals surface area contributed by atoms with Gasteiger partial charge in [-0.25, -0.2) is 4.98 Å². The topological polar surface area (TPSA) is 86.3 Å². The van der Waals surface area contributed by atoms with Gasteiger partial charge in [0.2, 0.25) is 0 Å². The number of nitrogens with one attached hydrogen (secondary N) is 1. The minimum atomic E-state index is -0.553. The van der Waals surface area contributed by atoms with E-state index in [4.69, 9.17) is 25.8 Å². The highest BCUT2D eigenvalue weighted by Crippen LogP contribution is 2.32. The SMILES string of the molecule is O=C1CO[C@H]2C1OC[C@H]2Oc1nc2nc(-c3ccc(-c4ccccc4)cc3)c(Cl)cc2[nH]1. The predicted octanol–water partition coefficient (Wildman–Crippen LogP) is 4.06. The van der Waals surface area contributed by atoms with Crippen LogP contribution >= 0.6 is 11.6 Å². The Morgan fingerprint density at radius 2 is 1.72 bits per heavy atom. The molecule has 2 aliphatic heterocycles. The molecule has 0 bridgehead atoms. The number of benzene rings is 2. The molecule has 0 aliphatic carbocycles. The average Bonchev–Trinajstić information content (AvgIpc) is 3.51. The number of fused-ring (bicyclic) bond motifs is 2. The average molecular weight is 448 g/mol. The molecule has 4 heterocycles. The predicted molar refractivity (Wildman–Crippen MR) is 119 cm³/mol. The summed E-state index contributed by atoms with van der Waals surface area (Å²) in [5.41, 5.74) is 4.96. The van der Waals surface area contributed by atoms with E-state index >= 15 is 0 Å². The van der Waals surface area contributed by atoms with E-state index in [0.717, 1.165) is 16.7 Å². The van der Waals surface area contributed by atoms with Gasteiger partial charge in [0, 0.05) is 5.56 Å². The first-order chi connectivity index (χ1) is 15.7. The quantitative estimate of drug-likeness (QED) is 0.507. The lowest BCUT2D eigenvalue weighted by molar-refractivity contribution is -0.125. The van der Waals surface area contributed by atoms with Crippen molar-refractivity contribution in [2.45, 2.75) is 18.3 Å². The Morgan fingerprint density at radius 3 is 2.53 bits per heavy atom. The van der Waals surface area contributed by atoms with Crippen LogP contribution in [-0.2, 0) is 14.3 Å². The van der Waals surface area contributed by atoms with E-state index in [-0.39, 0.29) is 25.0 Å². The summed E-state index contributed by atoms with van der Waals surface area (Å²) in [6, 6.07) is 20.3. The Hall–Kier alpha value is -3.26. The van der Waals surface area contributed by atoms with Gasteiger partial charge in [0.05, 0.1) is 22.8 Å². The van der Waals surface area contributed by atoms with E-state index < -0.39 is 18.3 Å². The summed E-state index contributed by atoms with van der Waals surface area (Å²) in [5.74, 6) is -0.0536. The number of hydrogen-bond acceptors (Lipinski definition) is 6. The smallest absolute Gasteiger partial charge is 0.296 e. The highest BCUT2D eigenvalue weighted by Gasteiger charge is 2.48. The van der Waals surface area contributed by atoms with Gasteiger partial charge in [-0.05, 0) is 17.2 Å². The third kappa shape index (κ3) is 3.35. The number of aromatic nitrogens is 3. The molecule has 2 saturated heterocycles. The first kappa shape index (κ1) is 19.4. The molecule has 2 aliphatic rings. The van der Waals surface area contributed by atoms with Crippen molar-refractivity contribution in [3.05, 3.63) is 65.7 Å². The molecule has 0 amide bonds. The molecule has 3 atom stereocenters. The molecule has 1 N–H and O–H groups in total. The standard InChI is InChI=1S/C24H18ClN3O4/c25-16-10-17-23(28-24(26-17)32-19-12-31-21-18(29)11-30-22(19)21)27-20(16)15-8-6-14(7-9-15)13-4-2-1-3-5-13/h1-10,19,21-22H,11-12H2,(H,26,27,28)/t19-,21?,22-/m1/s1. The van der Waals surface area contributed by atoms with Crippen LogP contribution in [0.2, 0.25) is 5.02 Å². The van der Waals surface area contributed by atoms with Gasteiger partial charge in [0.1, 0.15) is 18.8 Å². The van der Waals surface area contributed by atoms with Crippen LogP contribution in [0.15, 0.2) is 60.7 Å². The molecule has 7 nitrogen and oxygen atoms in total. The lowest BCUT2D eigenvalue weighted by Gasteiger charge is -2.14. The summed E-state index contributed by atoms with van der Waals surface area (Å²) in [5, 5.41) is 0.508. The van der Waals surface area contributed by atoms with Crippen LogP contribution in [0.1, 0.15) is 0 Å². The Balaban J connectivity index is 1.27. The molecular formula is C24H18ClN3O4. The van der Waals surface area contributed by atoms with Crippen LogP contribution in [0.4, 0.5) is 0 Å². The maximum Gasteiger partial charge on any atom is 0.296 e. The first-order valence-electron chi connectivity index (χ1n) is 10.3. The van der Waals surface area contributed by atoms with E-state index in [0.29, 0.717) is 21.9 Å². The van der Waals surface area contributed by atoms with Crippen LogP contribution in [0.25, 0.3) is 33.5 Å². The molecule has 0 radical (unpaired) electrons. The normalized spacial score (nSPS) is 22.4. The molecule has 2 aromatic heterocycles. The number of nitrogens with zero attached hydrogens (tertiary/aromatic N) is 2. The van der Waals surface area contributed by atoms with Crippen LogP contribution in [0.5, 0.6) is 6.01 Å². The van der Waals surface area contributed by atoms with E-state index in [1.54, 1.807) is 6.07 Å². The van der Waals surface area contributed by atoms with Crippen LogP contribution < -0.4 is 4.74 Å². The molecule has 0 spiro atoms. The fraction of sp³-hybridized carbons (Fsp3) is 0.208. The molecule has 2 aromatic carbocycles. The number of ketones is 1. The Morgan fingerprint density at radius 1 is 0.969 bits per heavy atom. The van der Waals surface area contributed by atoms with Crippen molar-refractivity contribution in [3.63, 3.8) is 0 Å². The van der Waals surface area contributed by atoms with Gasteiger partial charge in [-0.15, -0.1) is 0 Å². The van der Waals surface area contributed by atoms with Crippen LogP contribution in [0.3, 0.4) is 0 Å². The van der Waals surface area contributed by atoms with Crippen molar-refractivity contribution in [2.24, 2.45) is 0 Å². The summed E-state index contributed by atoms with van der Waals surface area (Å²) in [7, 11) is 0. The lowest BCUT2D eigenvalue weighted by atomic mass is 10.0. The van der Waals surface area contributed by atoms with Crippen LogP contribution in [-0.4, -0.2) is 52.3 Å². The van der Waals surface area contributed by atoms with Gasteiger partial charge < -0.3 is 19.2 Å². The molecule has 4 aromatic rings. The number of carbonyl (C=O) groups is 1. The second kappa shape index (κ2) is 7.70. The molecule has 160 valence electrons. The maximum atomic E-state index is 11.8. The largest absolute Gasteiger partial charge is 0.456 e. The Labute approximate surface area is 188 Å². The Kier molecular flexibility index (Phi) is 4.68. The van der Waals surface area contributed by atoms with Crippen molar-refractivity contribution in [2.75, 3.05) is 13.2 Å². The first-order valence-corrected chi connectivity index (χ1v) is 10.7. The fourth-order valence-corrected chi connectivity index (χ4v) is 4.42. The number of aromatic amines is 1. The molecule has 1 unspecified atom stereocenters. The number of pyridine rings is 1. The van der Waals surface area contributed by atoms with Gasteiger partial charge in [-0.3, -0.25) is 4.79 Å². The molecule has 6 rings (SSSR count). The molecule has 32 heavy (non-hydrogen) atoms. The van der Waals surface area contributed by atoms with E-state index in [1.807, 2.05) is 42.5 Å². The zero-order chi connectivity index (χ0) is 21.7. The van der Waals surface area contributed by atoms with E-state index in [9.17, 15) is 4.79 Å². The van der Waals surface area contributed by atoms with Crippen molar-refractivity contribution in [1.29, 1.82) is 0 Å². The third-order valence-electron chi connectivity index (χ3n) is 5.77. The maximum absolute atomic E-state index is 11.8. The molecular weight excluding hydrogens is 430 g/mol. The number of carbonyl (C=O) groups excluding carboxylic acids is 1. The van der Waals surface area contributed by atoms with Crippen molar-refractivity contribution < 1.29 is 19.0 Å². The fourth-order valence-electron chi connectivity index (χ4n) is 4.16. The Bertz CT molecular complexity index is 1310. The summed E-state index contributed by atoms with van der Waals surface area (Å²) >= 11 is 6.53. The molecule has 8 heteroatoms. The van der Waals surface area contributed by atoms with Gasteiger partial charge >= 0.3 is 0 Å². The van der Waals surface area contributed by atoms with E-state index in [1.165, 1.54) is 0 Å². The number of rotatable bonds is 4. The minimum absolute atomic E-state index is 0.0536. The van der Waals surface area contributed by atoms with Crippen molar-refractivity contribution in [3.8, 4) is 28.4 Å². The number of ether oxygens (including phenoxy) is 3. The highest BCUT2D eigenvalue weighted by atomic mass is 35.5. The summed E-state index contributed by atoms with van der Waals surface area (Å²) < 4.78 is 16.9. The molecule has 0 saturated carbocycles. The van der Waals surface area contributed by atoms with Gasteiger partial charge in [-0.2, -0.15) is 4.98 Å². The lowest BCUT2D eigenvalue weighted by Crippen LogP contribution is -2.33. The number of halogens is 1. The minimum Gasteiger partial charge on any atom is -0.456 e. The summed E-state index contributed by atoms with van der Waals surface area (Å²) in [6.07, 6.45) is -1.37. The van der Waals surface area contributed by atoms with Crippen LogP contribution in [0, 0.1) is 0 Å². The number of hydrogen-bond donors (Lipinski definition) is 1. The zero-order valence-electron chi connectivity index (χ0n) is 16.8. The van der Waals surface area contributed by atoms with Crippen molar-refractivity contribution in [1.82, 2.24) is 15.0 Å². The van der Waals surface area contributed by atoms with Gasteiger partial charge in [-0.1, -0.05) is 66.2 Å². The highest BCUT2D eigenvalue weighted by molar-refractivity contribution is 6.33.